The molecular formula is C59H108O6. The third-order valence-corrected chi connectivity index (χ3v) is 12.6. The van der Waals surface area contributed by atoms with Crippen LogP contribution >= 0.6 is 0 Å². The van der Waals surface area contributed by atoms with Crippen molar-refractivity contribution in [1.29, 1.82) is 0 Å². The maximum atomic E-state index is 12.8. The molecule has 380 valence electrons. The highest BCUT2D eigenvalue weighted by molar-refractivity contribution is 5.71. The van der Waals surface area contributed by atoms with Crippen LogP contribution in [-0.2, 0) is 28.6 Å². The van der Waals surface area contributed by atoms with Crippen LogP contribution in [0.1, 0.15) is 303 Å². The van der Waals surface area contributed by atoms with Gasteiger partial charge in [-0.2, -0.15) is 0 Å². The van der Waals surface area contributed by atoms with Crippen molar-refractivity contribution in [3.63, 3.8) is 0 Å². The third kappa shape index (κ3) is 52.5. The van der Waals surface area contributed by atoms with Crippen molar-refractivity contribution in [3.8, 4) is 0 Å². The molecule has 6 heteroatoms. The average Bonchev–Trinajstić information content (AvgIpc) is 3.30. The van der Waals surface area contributed by atoms with Gasteiger partial charge in [0.15, 0.2) is 6.10 Å². The smallest absolute Gasteiger partial charge is 0.306 e. The van der Waals surface area contributed by atoms with Crippen LogP contribution in [0.25, 0.3) is 0 Å². The van der Waals surface area contributed by atoms with E-state index in [4.69, 9.17) is 14.2 Å². The Morgan fingerprint density at radius 1 is 0.292 bits per heavy atom. The maximum absolute atomic E-state index is 12.8. The van der Waals surface area contributed by atoms with Crippen molar-refractivity contribution in [2.75, 3.05) is 13.2 Å². The van der Waals surface area contributed by atoms with Gasteiger partial charge in [-0.1, -0.05) is 231 Å². The third-order valence-electron chi connectivity index (χ3n) is 12.6. The molecule has 0 rings (SSSR count). The summed E-state index contributed by atoms with van der Waals surface area (Å²) in [6, 6.07) is 0. The Hall–Kier alpha value is -2.37. The summed E-state index contributed by atoms with van der Waals surface area (Å²) < 4.78 is 16.8. The van der Waals surface area contributed by atoms with E-state index in [1.807, 2.05) is 0 Å². The monoisotopic (exact) mass is 913 g/mol. The Labute approximate surface area is 404 Å². The second kappa shape index (κ2) is 54.2. The minimum atomic E-state index is -0.776. The molecule has 6 nitrogen and oxygen atoms in total. The minimum absolute atomic E-state index is 0.0751. The van der Waals surface area contributed by atoms with E-state index in [-0.39, 0.29) is 31.1 Å². The summed E-state index contributed by atoms with van der Waals surface area (Å²) in [5.41, 5.74) is 0. The number of unbranched alkanes of at least 4 members (excludes halogenated alkanes) is 35. The molecule has 0 aliphatic heterocycles. The molecule has 0 saturated carbocycles. The highest BCUT2D eigenvalue weighted by Crippen LogP contribution is 2.16. The number of hydrogen-bond acceptors (Lipinski definition) is 6. The van der Waals surface area contributed by atoms with E-state index in [2.05, 4.69) is 57.2 Å². The summed E-state index contributed by atoms with van der Waals surface area (Å²) in [5, 5.41) is 0. The van der Waals surface area contributed by atoms with Crippen LogP contribution in [0.5, 0.6) is 0 Å². The summed E-state index contributed by atoms with van der Waals surface area (Å²) >= 11 is 0. The SMILES string of the molecule is CCCC/C=C\CCCCCCCC(=O)O[C@@H](COC(=O)CCCCCCCCC/C=C\CCCCCC)COC(=O)CCCCCCCCCCCCC/C=C\CCCCCCCC. The first kappa shape index (κ1) is 62.6. The molecule has 0 heterocycles. The Morgan fingerprint density at radius 2 is 0.523 bits per heavy atom. The van der Waals surface area contributed by atoms with Gasteiger partial charge in [-0.25, -0.2) is 0 Å². The van der Waals surface area contributed by atoms with Gasteiger partial charge in [0.05, 0.1) is 0 Å². The second-order valence-electron chi connectivity index (χ2n) is 19.2. The van der Waals surface area contributed by atoms with Crippen LogP contribution in [0.4, 0.5) is 0 Å². The van der Waals surface area contributed by atoms with E-state index >= 15 is 0 Å². The fourth-order valence-electron chi connectivity index (χ4n) is 8.24. The highest BCUT2D eigenvalue weighted by Gasteiger charge is 2.19. The summed E-state index contributed by atoms with van der Waals surface area (Å²) in [4.78, 5) is 38.0. The molecule has 0 aromatic heterocycles. The molecule has 0 aliphatic carbocycles. The molecule has 0 spiro atoms. The lowest BCUT2D eigenvalue weighted by Crippen LogP contribution is -2.30. The predicted molar refractivity (Wildman–Crippen MR) is 279 cm³/mol. The standard InChI is InChI=1S/C59H108O6/c1-4-7-10-13-16-19-22-24-26-27-28-29-30-31-33-35-38-40-43-46-49-52-58(61)64-55-56(65-59(62)53-50-47-44-41-36-21-18-15-12-9-6-3)54-63-57(60)51-48-45-42-39-37-34-32-25-23-20-17-14-11-8-5-2/h15,18,20,23-24,26,56H,4-14,16-17,19,21-22,25,27-55H2,1-3H3/b18-15-,23-20-,26-24-/t56-/m0/s1. The number of hydrogen-bond donors (Lipinski definition) is 0. The van der Waals surface area contributed by atoms with E-state index in [9.17, 15) is 14.4 Å². The number of allylic oxidation sites excluding steroid dienone is 6. The van der Waals surface area contributed by atoms with E-state index in [0.717, 1.165) is 70.6 Å². The first-order valence-electron chi connectivity index (χ1n) is 28.5. The molecule has 0 radical (unpaired) electrons. The van der Waals surface area contributed by atoms with Crippen LogP contribution in [0, 0.1) is 0 Å². The zero-order valence-electron chi connectivity index (χ0n) is 43.5. The van der Waals surface area contributed by atoms with Crippen LogP contribution in [0.15, 0.2) is 36.5 Å². The molecular weight excluding hydrogens is 805 g/mol. The quantitative estimate of drug-likeness (QED) is 0.0262. The van der Waals surface area contributed by atoms with Crippen molar-refractivity contribution >= 4 is 17.9 Å². The van der Waals surface area contributed by atoms with E-state index in [1.165, 1.54) is 193 Å². The molecule has 0 unspecified atom stereocenters. The molecule has 0 N–H and O–H groups in total. The van der Waals surface area contributed by atoms with E-state index in [0.29, 0.717) is 19.3 Å². The topological polar surface area (TPSA) is 78.9 Å². The van der Waals surface area contributed by atoms with Gasteiger partial charge in [-0.05, 0) is 89.9 Å². The fraction of sp³-hybridized carbons (Fsp3) is 0.847. The van der Waals surface area contributed by atoms with Gasteiger partial charge in [-0.15, -0.1) is 0 Å². The zero-order chi connectivity index (χ0) is 47.2. The molecule has 0 amide bonds. The molecule has 0 saturated heterocycles. The fourth-order valence-corrected chi connectivity index (χ4v) is 8.24. The first-order valence-corrected chi connectivity index (χ1v) is 28.5. The van der Waals surface area contributed by atoms with Gasteiger partial charge in [0.25, 0.3) is 0 Å². The summed E-state index contributed by atoms with van der Waals surface area (Å²) in [6.45, 7) is 6.60. The number of esters is 3. The number of ether oxygens (including phenoxy) is 3. The lowest BCUT2D eigenvalue weighted by molar-refractivity contribution is -0.167. The molecule has 0 aromatic rings. The normalized spacial score (nSPS) is 12.2. The van der Waals surface area contributed by atoms with Crippen LogP contribution in [-0.4, -0.2) is 37.2 Å². The van der Waals surface area contributed by atoms with Crippen LogP contribution in [0.2, 0.25) is 0 Å². The largest absolute Gasteiger partial charge is 0.462 e. The van der Waals surface area contributed by atoms with Crippen molar-refractivity contribution in [2.24, 2.45) is 0 Å². The van der Waals surface area contributed by atoms with Gasteiger partial charge in [0, 0.05) is 19.3 Å². The van der Waals surface area contributed by atoms with Crippen molar-refractivity contribution < 1.29 is 28.6 Å². The zero-order valence-corrected chi connectivity index (χ0v) is 43.5. The van der Waals surface area contributed by atoms with Crippen molar-refractivity contribution in [1.82, 2.24) is 0 Å². The maximum Gasteiger partial charge on any atom is 0.306 e. The Kier molecular flexibility index (Phi) is 52.3. The second-order valence-corrected chi connectivity index (χ2v) is 19.2. The molecule has 0 aromatic carbocycles. The Balaban J connectivity index is 4.26. The summed E-state index contributed by atoms with van der Waals surface area (Å²) in [6.07, 6.45) is 64.2. The number of carbonyl (C=O) groups is 3. The minimum Gasteiger partial charge on any atom is -0.462 e. The highest BCUT2D eigenvalue weighted by atomic mass is 16.6. The van der Waals surface area contributed by atoms with Gasteiger partial charge in [-0.3, -0.25) is 14.4 Å². The van der Waals surface area contributed by atoms with Gasteiger partial charge in [0.1, 0.15) is 13.2 Å². The average molecular weight is 914 g/mol. The lowest BCUT2D eigenvalue weighted by atomic mass is 10.0. The van der Waals surface area contributed by atoms with Crippen molar-refractivity contribution in [2.45, 2.75) is 309 Å². The van der Waals surface area contributed by atoms with Crippen LogP contribution < -0.4 is 0 Å². The molecule has 1 atom stereocenters. The Morgan fingerprint density at radius 3 is 0.831 bits per heavy atom. The van der Waals surface area contributed by atoms with Gasteiger partial charge in [0.2, 0.25) is 0 Å². The summed E-state index contributed by atoms with van der Waals surface area (Å²) in [5.74, 6) is -0.877. The number of rotatable bonds is 52. The molecule has 0 fully saturated rings. The predicted octanol–water partition coefficient (Wildman–Crippen LogP) is 18.9. The van der Waals surface area contributed by atoms with E-state index in [1.54, 1.807) is 0 Å². The van der Waals surface area contributed by atoms with Crippen LogP contribution in [0.3, 0.4) is 0 Å². The molecule has 65 heavy (non-hydrogen) atoms. The van der Waals surface area contributed by atoms with Gasteiger partial charge < -0.3 is 14.2 Å². The Bertz CT molecular complexity index is 1090. The number of carbonyl (C=O) groups excluding carboxylic acids is 3. The lowest BCUT2D eigenvalue weighted by Gasteiger charge is -2.18. The van der Waals surface area contributed by atoms with E-state index < -0.39 is 6.10 Å². The van der Waals surface area contributed by atoms with Crippen molar-refractivity contribution in [3.05, 3.63) is 36.5 Å². The first-order chi connectivity index (χ1) is 32.0. The molecule has 0 aliphatic rings. The molecule has 0 bridgehead atoms. The van der Waals surface area contributed by atoms with Gasteiger partial charge >= 0.3 is 17.9 Å². The summed E-state index contributed by atoms with van der Waals surface area (Å²) in [7, 11) is 0.